The average Bonchev–Trinajstić information content (AvgIpc) is 0.782. The van der Waals surface area contributed by atoms with E-state index in [1.807, 2.05) is 23.5 Å². The smallest absolute Gasteiger partial charge is 0.306 e. The first-order valence-electron chi connectivity index (χ1n) is 44.0. The van der Waals surface area contributed by atoms with Gasteiger partial charge < -0.3 is 58.1 Å². The minimum absolute atomic E-state index is 0.0265. The van der Waals surface area contributed by atoms with E-state index in [2.05, 4.69) is 47.9 Å². The van der Waals surface area contributed by atoms with Crippen LogP contribution in [0.1, 0.15) is 309 Å². The summed E-state index contributed by atoms with van der Waals surface area (Å²) in [6.45, 7) is 4.42. The van der Waals surface area contributed by atoms with Crippen molar-refractivity contribution < 1.29 is 77.3 Å². The number of rotatable bonds is 55. The lowest BCUT2D eigenvalue weighted by Gasteiger charge is -2.24. The van der Waals surface area contributed by atoms with Gasteiger partial charge in [0.15, 0.2) is 34.7 Å². The highest BCUT2D eigenvalue weighted by Gasteiger charge is 2.32. The molecule has 0 saturated carbocycles. The van der Waals surface area contributed by atoms with Crippen molar-refractivity contribution in [3.05, 3.63) is 0 Å². The van der Waals surface area contributed by atoms with Gasteiger partial charge in [0.2, 0.25) is 29.5 Å². The lowest BCUT2D eigenvalue weighted by Crippen LogP contribution is -2.52. The van der Waals surface area contributed by atoms with E-state index in [9.17, 15) is 77.3 Å². The van der Waals surface area contributed by atoms with Crippen LogP contribution in [0.4, 0.5) is 0 Å². The Bertz CT molecular complexity index is 2820. The number of aliphatic carboxylic acids is 2. The molecule has 4 heterocycles. The molecular formula is C85H145N9O16S4. The third-order valence-electron chi connectivity index (χ3n) is 22.1. The quantitative estimate of drug-likeness (QED) is 0.0252. The Morgan fingerprint density at radius 1 is 0.325 bits per heavy atom. The first-order valence-corrected chi connectivity index (χ1v) is 48.6. The summed E-state index contributed by atoms with van der Waals surface area (Å²) in [5, 5.41) is 47.6. The van der Waals surface area contributed by atoms with Gasteiger partial charge in [0.25, 0.3) is 0 Å². The van der Waals surface area contributed by atoms with Crippen LogP contribution in [0.25, 0.3) is 0 Å². The van der Waals surface area contributed by atoms with Crippen LogP contribution >= 0.6 is 47.0 Å². The van der Waals surface area contributed by atoms with Crippen molar-refractivity contribution in [2.24, 2.45) is 11.8 Å². The van der Waals surface area contributed by atoms with E-state index in [-0.39, 0.29) is 150 Å². The number of unbranched alkanes of at least 4 members (excludes halogenated alkanes) is 11. The molecule has 114 heavy (non-hydrogen) atoms. The van der Waals surface area contributed by atoms with Crippen molar-refractivity contribution in [2.75, 3.05) is 85.3 Å². The molecule has 25 nitrogen and oxygen atoms in total. The predicted molar refractivity (Wildman–Crippen MR) is 458 cm³/mol. The number of thioether (sulfide) groups is 4. The number of carboxylic acids is 2. The van der Waals surface area contributed by atoms with E-state index in [1.54, 1.807) is 23.5 Å². The fourth-order valence-corrected chi connectivity index (χ4v) is 19.3. The average molecular weight is 1680 g/mol. The zero-order valence-corrected chi connectivity index (χ0v) is 72.3. The van der Waals surface area contributed by atoms with Gasteiger partial charge in [-0.15, -0.1) is 0 Å². The largest absolute Gasteiger partial charge is 0.481 e. The van der Waals surface area contributed by atoms with Gasteiger partial charge in [-0.3, -0.25) is 67.1 Å². The molecule has 0 spiro atoms. The van der Waals surface area contributed by atoms with Crippen LogP contribution in [-0.2, 0) is 67.1 Å². The van der Waals surface area contributed by atoms with Gasteiger partial charge >= 0.3 is 11.9 Å². The molecule has 0 radical (unpaired) electrons. The SMILES string of the molecule is CC(=O)NCCC(=O)N[C@@H](CCC(=O)N[C@@H](CCC(=O)CCCCCCCC(=O)[C@@H]1CSCCCCCCN1)C(=O)CCCCCCCC(=O)[C@@H]1CSCCCCCCN1)C(=O)N[C@@H](CCC(=O)NCCCC[C@H](CC(=O)[C@@H]1CSCCCCCCN1)C(=O)O)C(=O)CCCCC[C@H](CC(=O)[C@@H]1CSCCCCCCN1)C(=O)O. The summed E-state index contributed by atoms with van der Waals surface area (Å²) < 4.78 is 0. The number of carbonyl (C=O) groups excluding carboxylic acids is 12. The lowest BCUT2D eigenvalue weighted by molar-refractivity contribution is -0.144. The normalized spacial score (nSPS) is 20.1. The van der Waals surface area contributed by atoms with E-state index >= 15 is 0 Å². The number of amides is 5. The summed E-state index contributed by atoms with van der Waals surface area (Å²) >= 11 is 7.05. The molecule has 11 N–H and O–H groups in total. The molecular weight excluding hydrogens is 1530 g/mol. The number of hydrogen-bond donors (Lipinski definition) is 11. The zero-order valence-electron chi connectivity index (χ0n) is 69.1. The van der Waals surface area contributed by atoms with Crippen molar-refractivity contribution in [1.29, 1.82) is 0 Å². The van der Waals surface area contributed by atoms with Crippen LogP contribution in [0.3, 0.4) is 0 Å². The molecule has 4 aliphatic heterocycles. The van der Waals surface area contributed by atoms with Gasteiger partial charge in [-0.1, -0.05) is 109 Å². The van der Waals surface area contributed by atoms with E-state index in [4.69, 9.17) is 0 Å². The van der Waals surface area contributed by atoms with Crippen LogP contribution in [0.5, 0.6) is 0 Å². The van der Waals surface area contributed by atoms with Crippen LogP contribution in [-0.4, -0.2) is 220 Å². The second kappa shape index (κ2) is 65.1. The molecule has 0 aromatic carbocycles. The van der Waals surface area contributed by atoms with Gasteiger partial charge in [0, 0.05) is 114 Å². The van der Waals surface area contributed by atoms with Crippen molar-refractivity contribution in [2.45, 2.75) is 351 Å². The molecule has 4 aliphatic rings. The van der Waals surface area contributed by atoms with E-state index in [0.717, 1.165) is 163 Å². The highest BCUT2D eigenvalue weighted by Crippen LogP contribution is 2.24. The van der Waals surface area contributed by atoms with Crippen molar-refractivity contribution in [1.82, 2.24) is 47.9 Å². The minimum Gasteiger partial charge on any atom is -0.481 e. The number of hydrogen-bond acceptors (Lipinski definition) is 22. The minimum atomic E-state index is -1.44. The maximum absolute atomic E-state index is 14.7. The summed E-state index contributed by atoms with van der Waals surface area (Å²) in [6, 6.07) is -4.92. The molecule has 9 atom stereocenters. The highest BCUT2D eigenvalue weighted by molar-refractivity contribution is 8.00. The first kappa shape index (κ1) is 102. The van der Waals surface area contributed by atoms with Crippen LogP contribution in [0, 0.1) is 11.8 Å². The second-order valence-electron chi connectivity index (χ2n) is 31.9. The Morgan fingerprint density at radius 3 is 1.12 bits per heavy atom. The molecule has 4 saturated heterocycles. The van der Waals surface area contributed by atoms with Crippen LogP contribution in [0.15, 0.2) is 0 Å². The third-order valence-corrected chi connectivity index (χ3v) is 26.6. The van der Waals surface area contributed by atoms with Gasteiger partial charge in [-0.25, -0.2) is 0 Å². The Kier molecular flexibility index (Phi) is 58.0. The Morgan fingerprint density at radius 2 is 0.675 bits per heavy atom. The number of ketones is 7. The second-order valence-corrected chi connectivity index (χ2v) is 36.5. The molecule has 4 fully saturated rings. The summed E-state index contributed by atoms with van der Waals surface area (Å²) in [5.41, 5.74) is 0. The molecule has 0 aromatic heterocycles. The summed E-state index contributed by atoms with van der Waals surface area (Å²) in [4.78, 5) is 188. The van der Waals surface area contributed by atoms with Crippen molar-refractivity contribution in [3.8, 4) is 0 Å². The third kappa shape index (κ3) is 49.6. The molecule has 0 aliphatic carbocycles. The van der Waals surface area contributed by atoms with Crippen molar-refractivity contribution >= 4 is 129 Å². The van der Waals surface area contributed by atoms with Crippen molar-refractivity contribution in [3.63, 3.8) is 0 Å². The number of Topliss-reactive ketones (excluding diaryl/α,β-unsaturated/α-hetero) is 7. The van der Waals surface area contributed by atoms with Gasteiger partial charge in [-0.2, -0.15) is 47.0 Å². The first-order chi connectivity index (χ1) is 55.2. The molecule has 650 valence electrons. The molecule has 0 aromatic rings. The fourth-order valence-electron chi connectivity index (χ4n) is 14.8. The van der Waals surface area contributed by atoms with Gasteiger partial charge in [0.05, 0.1) is 48.1 Å². The molecule has 5 amide bonds. The maximum Gasteiger partial charge on any atom is 0.306 e. The molecule has 29 heteroatoms. The van der Waals surface area contributed by atoms with E-state index in [1.165, 1.54) is 39.0 Å². The monoisotopic (exact) mass is 1680 g/mol. The standard InChI is InChI=1S/C85H145N9O16S4/c1-63(95)86-52-46-82(105)93-69(43-45-81(104)92-67(74(97)36-19-6-3-7-21-39-77(100)71-60-112-54-30-13-9-25-48-88-71)41-40-66(96)35-18-4-2-5-20-38-76(99)70-59-111-53-29-12-8-24-47-87-70)83(106)94-68(75(98)37-22-16-17-33-64(84(107)108)57-78(101)72-61-113-55-31-14-10-26-49-89-72)42-44-80(103)91-51-28-23-34-65(85(109)110)58-79(102)73-62-114-56-32-15-11-27-50-90-73/h64-65,67-73,87-90H,2-62H2,1H3,(H,86,95)(H,91,103)(H,92,104)(H,93,105)(H,94,106)(H,107,108)(H,109,110)/t64-,65-,67+,68+,69+,70+,71+,72+,73+/m1/s1. The summed E-state index contributed by atoms with van der Waals surface area (Å²) in [5.74, 6) is -0.821. The Labute approximate surface area is 698 Å². The van der Waals surface area contributed by atoms with Crippen LogP contribution < -0.4 is 47.9 Å². The highest BCUT2D eigenvalue weighted by atomic mass is 32.2. The number of carbonyl (C=O) groups is 14. The zero-order chi connectivity index (χ0) is 82.6. The van der Waals surface area contributed by atoms with Gasteiger partial charge in [0.1, 0.15) is 11.8 Å². The number of carboxylic acid groups (broad SMARTS) is 2. The van der Waals surface area contributed by atoms with Gasteiger partial charge in [-0.05, 0) is 171 Å². The lowest BCUT2D eigenvalue weighted by atomic mass is 9.93. The molecule has 0 unspecified atom stereocenters. The van der Waals surface area contributed by atoms with E-state index in [0.29, 0.717) is 82.4 Å². The summed E-state index contributed by atoms with van der Waals surface area (Å²) in [7, 11) is 0. The maximum atomic E-state index is 14.7. The fraction of sp³-hybridized carbons (Fsp3) is 0.835. The Balaban J connectivity index is 1.44. The molecule has 0 bridgehead atoms. The topological polar surface area (TPSA) is 388 Å². The van der Waals surface area contributed by atoms with Crippen LogP contribution in [0.2, 0.25) is 0 Å². The summed E-state index contributed by atoms with van der Waals surface area (Å²) in [6.07, 6.45) is 27.2. The van der Waals surface area contributed by atoms with E-state index < -0.39 is 95.7 Å². The number of nitrogens with one attached hydrogen (secondary N) is 9. The molecule has 4 rings (SSSR count). The predicted octanol–water partition coefficient (Wildman–Crippen LogP) is 11.2. The Hall–Kier alpha value is -4.78.